The fourth-order valence-corrected chi connectivity index (χ4v) is 2.94. The van der Waals surface area contributed by atoms with Crippen LogP contribution in [0, 0.1) is 6.92 Å². The van der Waals surface area contributed by atoms with Gasteiger partial charge in [0.25, 0.3) is 0 Å². The van der Waals surface area contributed by atoms with Gasteiger partial charge in [0.05, 0.1) is 12.8 Å². The molecule has 1 aliphatic rings. The topological polar surface area (TPSA) is 51.6 Å². The molecule has 1 atom stereocenters. The Morgan fingerprint density at radius 3 is 2.86 bits per heavy atom. The zero-order valence-corrected chi connectivity index (χ0v) is 13.7. The lowest BCUT2D eigenvalue weighted by Crippen LogP contribution is -2.41. The van der Waals surface area contributed by atoms with E-state index in [1.807, 2.05) is 20.9 Å². The van der Waals surface area contributed by atoms with Crippen LogP contribution in [0.2, 0.25) is 0 Å². The van der Waals surface area contributed by atoms with E-state index in [2.05, 4.69) is 33.2 Å². The van der Waals surface area contributed by atoms with Gasteiger partial charge in [-0.15, -0.1) is 0 Å². The minimum Gasteiger partial charge on any atom is -0.393 e. The van der Waals surface area contributed by atoms with Crippen molar-refractivity contribution in [3.8, 4) is 0 Å². The second-order valence-corrected chi connectivity index (χ2v) is 6.10. The summed E-state index contributed by atoms with van der Waals surface area (Å²) in [5, 5.41) is 12.6. The van der Waals surface area contributed by atoms with Crippen molar-refractivity contribution in [3.63, 3.8) is 0 Å². The fraction of sp³-hybridized carbons (Fsp3) is 0.688. The third kappa shape index (κ3) is 4.08. The number of nitrogens with zero attached hydrogens (tertiary/aromatic N) is 3. The first-order valence-electron chi connectivity index (χ1n) is 7.81. The lowest BCUT2D eigenvalue weighted by Gasteiger charge is -2.36. The van der Waals surface area contributed by atoms with Gasteiger partial charge < -0.3 is 15.3 Å². The number of pyridine rings is 1. The van der Waals surface area contributed by atoms with Crippen LogP contribution in [0.25, 0.3) is 0 Å². The molecule has 2 rings (SSSR count). The third-order valence-electron chi connectivity index (χ3n) is 4.00. The van der Waals surface area contributed by atoms with Gasteiger partial charge in [0.2, 0.25) is 0 Å². The van der Waals surface area contributed by atoms with Crippen molar-refractivity contribution in [1.29, 1.82) is 0 Å². The largest absolute Gasteiger partial charge is 0.393 e. The van der Waals surface area contributed by atoms with E-state index in [1.165, 1.54) is 11.3 Å². The molecule has 0 amide bonds. The van der Waals surface area contributed by atoms with E-state index in [-0.39, 0.29) is 6.10 Å². The Bertz CT molecular complexity index is 476. The molecule has 1 aliphatic heterocycles. The summed E-state index contributed by atoms with van der Waals surface area (Å²) in [6.45, 7) is 6.82. The van der Waals surface area contributed by atoms with E-state index in [0.717, 1.165) is 50.5 Å². The molecular formula is C16H28N4O. The minimum atomic E-state index is -0.183. The first-order chi connectivity index (χ1) is 10.0. The first kappa shape index (κ1) is 16.0. The van der Waals surface area contributed by atoms with Crippen molar-refractivity contribution < 1.29 is 5.11 Å². The molecule has 5 nitrogen and oxygen atoms in total. The Hall–Kier alpha value is -1.33. The van der Waals surface area contributed by atoms with E-state index in [9.17, 15) is 5.11 Å². The molecule has 0 aliphatic carbocycles. The lowest BCUT2D eigenvalue weighted by molar-refractivity contribution is 0.175. The molecule has 0 unspecified atom stereocenters. The van der Waals surface area contributed by atoms with Crippen molar-refractivity contribution in [2.75, 3.05) is 37.5 Å². The number of aliphatic hydroxyl groups excluding tert-OH is 1. The molecule has 0 bridgehead atoms. The summed E-state index contributed by atoms with van der Waals surface area (Å²) in [4.78, 5) is 9.35. The average molecular weight is 292 g/mol. The number of hydrogen-bond donors (Lipinski definition) is 2. The molecule has 118 valence electrons. The number of aliphatic hydroxyl groups is 1. The second-order valence-electron chi connectivity index (χ2n) is 6.10. The maximum absolute atomic E-state index is 9.32. The highest BCUT2D eigenvalue weighted by atomic mass is 16.3. The van der Waals surface area contributed by atoms with Gasteiger partial charge in [-0.3, -0.25) is 4.90 Å². The summed E-state index contributed by atoms with van der Waals surface area (Å²) >= 11 is 0. The summed E-state index contributed by atoms with van der Waals surface area (Å²) in [5.74, 6) is 1.10. The fourth-order valence-electron chi connectivity index (χ4n) is 2.94. The third-order valence-corrected chi connectivity index (χ3v) is 4.00. The van der Waals surface area contributed by atoms with Gasteiger partial charge in [-0.2, -0.15) is 0 Å². The summed E-state index contributed by atoms with van der Waals surface area (Å²) in [5.41, 5.74) is 3.51. The van der Waals surface area contributed by atoms with Gasteiger partial charge in [0.15, 0.2) is 0 Å². The molecule has 0 saturated carbocycles. The number of fused-ring (bicyclic) bond motifs is 1. The Morgan fingerprint density at radius 2 is 2.19 bits per heavy atom. The van der Waals surface area contributed by atoms with Crippen molar-refractivity contribution >= 4 is 11.5 Å². The summed E-state index contributed by atoms with van der Waals surface area (Å²) in [7, 11) is 4.07. The average Bonchev–Trinajstić information content (AvgIpc) is 2.43. The molecule has 21 heavy (non-hydrogen) atoms. The molecule has 0 aromatic carbocycles. The number of hydrogen-bond acceptors (Lipinski definition) is 5. The lowest BCUT2D eigenvalue weighted by atomic mass is 10.1. The van der Waals surface area contributed by atoms with Crippen LogP contribution in [0.3, 0.4) is 0 Å². The van der Waals surface area contributed by atoms with Gasteiger partial charge in [-0.1, -0.05) is 0 Å². The highest BCUT2D eigenvalue weighted by Gasteiger charge is 2.23. The maximum Gasteiger partial charge on any atom is 0.136 e. The van der Waals surface area contributed by atoms with Crippen LogP contribution >= 0.6 is 0 Å². The van der Waals surface area contributed by atoms with Crippen LogP contribution in [0.1, 0.15) is 37.4 Å². The number of unbranched alkanes of at least 4 members (excludes halogenated alkanes) is 1. The van der Waals surface area contributed by atoms with E-state index >= 15 is 0 Å². The number of aromatic nitrogens is 1. The quantitative estimate of drug-likeness (QED) is 0.787. The number of aryl methyl sites for hydroxylation is 1. The normalized spacial score (nSPS) is 16.7. The molecule has 0 fully saturated rings. The van der Waals surface area contributed by atoms with Crippen LogP contribution in [0.5, 0.6) is 0 Å². The maximum atomic E-state index is 9.32. The zero-order chi connectivity index (χ0) is 15.4. The molecule has 0 saturated heterocycles. The van der Waals surface area contributed by atoms with Gasteiger partial charge in [0.1, 0.15) is 5.82 Å². The summed E-state index contributed by atoms with van der Waals surface area (Å²) in [6.07, 6.45) is 2.92. The predicted octanol–water partition coefficient (Wildman–Crippen LogP) is 2.19. The van der Waals surface area contributed by atoms with Crippen LogP contribution < -0.4 is 10.2 Å². The summed E-state index contributed by atoms with van der Waals surface area (Å²) < 4.78 is 0. The van der Waals surface area contributed by atoms with E-state index in [0.29, 0.717) is 0 Å². The van der Waals surface area contributed by atoms with Crippen LogP contribution in [0.15, 0.2) is 6.07 Å². The Balaban J connectivity index is 2.02. The smallest absolute Gasteiger partial charge is 0.136 e. The van der Waals surface area contributed by atoms with Crippen molar-refractivity contribution in [3.05, 3.63) is 17.3 Å². The molecule has 0 radical (unpaired) electrons. The number of rotatable bonds is 6. The standard InChI is InChI=1S/C16H28N4O/c1-12-9-15(17-3)14-10-20(8-6-5-7-13(2)21)11-19(4)16(14)18-12/h9,13,21H,5-8,10-11H2,1-4H3,(H,17,18)/t13-/m1/s1. The Kier molecular flexibility index (Phi) is 5.42. The number of anilines is 2. The highest BCUT2D eigenvalue weighted by Crippen LogP contribution is 2.31. The molecule has 1 aromatic heterocycles. The monoisotopic (exact) mass is 292 g/mol. The van der Waals surface area contributed by atoms with E-state index in [1.54, 1.807) is 0 Å². The van der Waals surface area contributed by atoms with E-state index in [4.69, 9.17) is 0 Å². The molecule has 2 N–H and O–H groups in total. The van der Waals surface area contributed by atoms with Crippen molar-refractivity contribution in [2.45, 2.75) is 45.8 Å². The van der Waals surface area contributed by atoms with Crippen LogP contribution in [-0.2, 0) is 6.54 Å². The summed E-state index contributed by atoms with van der Waals surface area (Å²) in [6, 6.07) is 2.11. The molecule has 1 aromatic rings. The number of nitrogens with one attached hydrogen (secondary N) is 1. The Morgan fingerprint density at radius 1 is 1.43 bits per heavy atom. The Labute approximate surface area is 128 Å². The SMILES string of the molecule is CNc1cc(C)nc2c1CN(CCCC[C@@H](C)O)CN2C. The molecular weight excluding hydrogens is 264 g/mol. The van der Waals surface area contributed by atoms with E-state index < -0.39 is 0 Å². The van der Waals surface area contributed by atoms with Crippen LogP contribution in [-0.4, -0.2) is 48.4 Å². The van der Waals surface area contributed by atoms with Crippen molar-refractivity contribution in [2.24, 2.45) is 0 Å². The molecule has 5 heteroatoms. The zero-order valence-electron chi connectivity index (χ0n) is 13.7. The second kappa shape index (κ2) is 7.09. The minimum absolute atomic E-state index is 0.183. The van der Waals surface area contributed by atoms with Gasteiger partial charge >= 0.3 is 0 Å². The molecule has 0 spiro atoms. The van der Waals surface area contributed by atoms with Crippen molar-refractivity contribution in [1.82, 2.24) is 9.88 Å². The predicted molar refractivity (Wildman–Crippen MR) is 87.7 cm³/mol. The highest BCUT2D eigenvalue weighted by molar-refractivity contribution is 5.64. The molecule has 2 heterocycles. The van der Waals surface area contributed by atoms with Crippen LogP contribution in [0.4, 0.5) is 11.5 Å². The van der Waals surface area contributed by atoms with Gasteiger partial charge in [-0.05, 0) is 39.2 Å². The first-order valence-corrected chi connectivity index (χ1v) is 7.81. The van der Waals surface area contributed by atoms with Gasteiger partial charge in [0, 0.05) is 44.1 Å². The van der Waals surface area contributed by atoms with Gasteiger partial charge in [-0.25, -0.2) is 4.98 Å².